The highest BCUT2D eigenvalue weighted by Gasteiger charge is 2.26. The van der Waals surface area contributed by atoms with Gasteiger partial charge in [-0.3, -0.25) is 4.98 Å². The maximum absolute atomic E-state index is 9.67. The zero-order valence-corrected chi connectivity index (χ0v) is 15.5. The first-order valence-electron chi connectivity index (χ1n) is 9.08. The van der Waals surface area contributed by atoms with Gasteiger partial charge in [-0.15, -0.1) is 0 Å². The Kier molecular flexibility index (Phi) is 3.99. The van der Waals surface area contributed by atoms with Gasteiger partial charge >= 0.3 is 0 Å². The molecule has 0 spiro atoms. The normalized spacial score (nSPS) is 11.2. The molecule has 4 heterocycles. The van der Waals surface area contributed by atoms with Crippen LogP contribution in [0.25, 0.3) is 33.9 Å². The predicted molar refractivity (Wildman–Crippen MR) is 109 cm³/mol. The summed E-state index contributed by atoms with van der Waals surface area (Å²) in [5, 5.41) is 32.1. The number of rotatable bonds is 2. The molecule has 3 aromatic heterocycles. The highest BCUT2D eigenvalue weighted by molar-refractivity contribution is 5.95. The summed E-state index contributed by atoms with van der Waals surface area (Å²) in [6.45, 7) is -0.261. The van der Waals surface area contributed by atoms with E-state index < -0.39 is 0 Å². The molecule has 8 heteroatoms. The van der Waals surface area contributed by atoms with E-state index in [4.69, 9.17) is 4.98 Å². The number of hydrogen-bond acceptors (Lipinski definition) is 7. The molecule has 0 atom stereocenters. The number of nitrogens with zero attached hydrogens (tertiary/aromatic N) is 5. The molecule has 0 aliphatic carbocycles. The number of aliphatic hydroxyl groups excluding tert-OH is 1. The zero-order chi connectivity index (χ0) is 20.7. The van der Waals surface area contributed by atoms with Crippen molar-refractivity contribution >= 4 is 11.5 Å². The van der Waals surface area contributed by atoms with Gasteiger partial charge in [-0.25, -0.2) is 9.97 Å². The summed E-state index contributed by atoms with van der Waals surface area (Å²) in [6.07, 6.45) is 5.09. The number of nitriles is 2. The van der Waals surface area contributed by atoms with Crippen LogP contribution in [-0.4, -0.2) is 25.0 Å². The number of benzene rings is 1. The molecule has 0 saturated heterocycles. The van der Waals surface area contributed by atoms with E-state index in [9.17, 15) is 15.6 Å². The molecule has 0 unspecified atom stereocenters. The van der Waals surface area contributed by atoms with Crippen molar-refractivity contribution in [2.45, 2.75) is 6.61 Å². The van der Waals surface area contributed by atoms with Gasteiger partial charge in [-0.05, 0) is 35.9 Å². The van der Waals surface area contributed by atoms with Gasteiger partial charge in [0.1, 0.15) is 17.3 Å². The first kappa shape index (κ1) is 17.6. The lowest BCUT2D eigenvalue weighted by atomic mass is 9.98. The number of H-pyrrole nitrogens is 1. The smallest absolute Gasteiger partial charge is 0.141 e. The summed E-state index contributed by atoms with van der Waals surface area (Å²) in [5.41, 5.74) is 5.22. The summed E-state index contributed by atoms with van der Waals surface area (Å²) in [4.78, 5) is 16.7. The minimum absolute atomic E-state index is 0.261. The minimum Gasteiger partial charge on any atom is -0.392 e. The fraction of sp³-hybridized carbons (Fsp3) is 0.0455. The lowest BCUT2D eigenvalue weighted by Crippen LogP contribution is -1.97. The topological polar surface area (TPSA) is 134 Å². The van der Waals surface area contributed by atoms with E-state index in [1.54, 1.807) is 30.7 Å². The van der Waals surface area contributed by atoms with Gasteiger partial charge < -0.3 is 15.4 Å². The van der Waals surface area contributed by atoms with E-state index >= 15 is 0 Å². The molecule has 0 saturated carbocycles. The molecule has 5 rings (SSSR count). The van der Waals surface area contributed by atoms with Crippen LogP contribution in [0, 0.1) is 22.7 Å². The number of imidazole rings is 1. The van der Waals surface area contributed by atoms with Crippen molar-refractivity contribution in [2.75, 3.05) is 5.32 Å². The van der Waals surface area contributed by atoms with E-state index in [1.165, 1.54) is 0 Å². The second kappa shape index (κ2) is 6.82. The first-order valence-corrected chi connectivity index (χ1v) is 9.08. The molecular formula is C22H13N7O. The Balaban J connectivity index is 1.83. The van der Waals surface area contributed by atoms with E-state index in [0.717, 1.165) is 22.5 Å². The van der Waals surface area contributed by atoms with Gasteiger partial charge in [0.2, 0.25) is 0 Å². The largest absolute Gasteiger partial charge is 0.392 e. The van der Waals surface area contributed by atoms with Crippen molar-refractivity contribution in [3.05, 3.63) is 65.6 Å². The number of aromatic amines is 1. The van der Waals surface area contributed by atoms with E-state index in [2.05, 4.69) is 32.4 Å². The van der Waals surface area contributed by atoms with Gasteiger partial charge in [0.15, 0.2) is 0 Å². The minimum atomic E-state index is -0.261. The fourth-order valence-electron chi connectivity index (χ4n) is 3.64. The van der Waals surface area contributed by atoms with Gasteiger partial charge in [-0.2, -0.15) is 10.5 Å². The van der Waals surface area contributed by atoms with Crippen LogP contribution < -0.4 is 5.32 Å². The number of nitrogens with one attached hydrogen (secondary N) is 2. The van der Waals surface area contributed by atoms with Crippen LogP contribution in [-0.2, 0) is 6.61 Å². The summed E-state index contributed by atoms with van der Waals surface area (Å²) in [6, 6.07) is 13.0. The molecule has 142 valence electrons. The monoisotopic (exact) mass is 391 g/mol. The second-order valence-corrected chi connectivity index (χ2v) is 6.70. The van der Waals surface area contributed by atoms with Crippen molar-refractivity contribution in [2.24, 2.45) is 0 Å². The Morgan fingerprint density at radius 2 is 1.83 bits per heavy atom. The highest BCUT2D eigenvalue weighted by atomic mass is 16.3. The Labute approximate surface area is 171 Å². The molecule has 0 bridgehead atoms. The molecular weight excluding hydrogens is 378 g/mol. The van der Waals surface area contributed by atoms with Crippen molar-refractivity contribution in [1.82, 2.24) is 19.9 Å². The third-order valence-electron chi connectivity index (χ3n) is 4.97. The van der Waals surface area contributed by atoms with Crippen LogP contribution in [0.15, 0.2) is 48.9 Å². The summed E-state index contributed by atoms with van der Waals surface area (Å²) in [7, 11) is 0. The lowest BCUT2D eigenvalue weighted by molar-refractivity contribution is 0.282. The summed E-state index contributed by atoms with van der Waals surface area (Å²) < 4.78 is 0. The molecule has 1 aromatic carbocycles. The standard InChI is InChI=1S/C22H13N7O/c23-8-13-6-12(11-30)7-14(9-24)18(13)22-28-19-15-3-5-25-10-17(15)27-21-16(20(19)29-22)2-1-4-26-21/h1-7,10,30H,11H2,(H,26,27)(H,28,29). The highest BCUT2D eigenvalue weighted by Crippen LogP contribution is 2.43. The third kappa shape index (κ3) is 2.60. The number of anilines is 2. The van der Waals surface area contributed by atoms with Crippen molar-refractivity contribution in [3.8, 4) is 46.0 Å². The average Bonchev–Trinajstić information content (AvgIpc) is 3.18. The second-order valence-electron chi connectivity index (χ2n) is 6.70. The van der Waals surface area contributed by atoms with Gasteiger partial charge in [0.25, 0.3) is 0 Å². The predicted octanol–water partition coefficient (Wildman–Crippen LogP) is 3.49. The summed E-state index contributed by atoms with van der Waals surface area (Å²) >= 11 is 0. The van der Waals surface area contributed by atoms with E-state index in [0.29, 0.717) is 28.5 Å². The number of aromatic nitrogens is 4. The molecule has 1 aliphatic heterocycles. The summed E-state index contributed by atoms with van der Waals surface area (Å²) in [5.74, 6) is 1.04. The molecule has 4 aromatic rings. The SMILES string of the molecule is N#Cc1cc(CO)cc(C#N)c1-c1nc2c([nH]1)-c1ccncc1Nc1ncccc1-2. The zero-order valence-electron chi connectivity index (χ0n) is 15.5. The Bertz CT molecular complexity index is 1290. The molecule has 30 heavy (non-hydrogen) atoms. The maximum Gasteiger partial charge on any atom is 0.141 e. The molecule has 3 N–H and O–H groups in total. The molecule has 0 radical (unpaired) electrons. The maximum atomic E-state index is 9.67. The molecule has 0 fully saturated rings. The quantitative estimate of drug-likeness (QED) is 0.419. The van der Waals surface area contributed by atoms with Crippen LogP contribution in [0.4, 0.5) is 11.5 Å². The van der Waals surface area contributed by atoms with Crippen LogP contribution in [0.5, 0.6) is 0 Å². The first-order chi connectivity index (χ1) is 14.7. The van der Waals surface area contributed by atoms with Crippen LogP contribution in [0.1, 0.15) is 16.7 Å². The van der Waals surface area contributed by atoms with E-state index in [-0.39, 0.29) is 17.7 Å². The Hall–Kier alpha value is -4.53. The Morgan fingerprint density at radius 3 is 2.57 bits per heavy atom. The number of fused-ring (bicyclic) bond motifs is 5. The molecule has 0 amide bonds. The van der Waals surface area contributed by atoms with Crippen LogP contribution in [0.3, 0.4) is 0 Å². The number of hydrogen-bond donors (Lipinski definition) is 3. The van der Waals surface area contributed by atoms with Crippen LogP contribution >= 0.6 is 0 Å². The number of aliphatic hydroxyl groups is 1. The molecule has 8 nitrogen and oxygen atoms in total. The van der Waals surface area contributed by atoms with Gasteiger partial charge in [0.05, 0.1) is 53.0 Å². The Morgan fingerprint density at radius 1 is 1.03 bits per heavy atom. The van der Waals surface area contributed by atoms with Crippen LogP contribution in [0.2, 0.25) is 0 Å². The number of pyridine rings is 2. The van der Waals surface area contributed by atoms with Gasteiger partial charge in [0, 0.05) is 23.5 Å². The van der Waals surface area contributed by atoms with Crippen molar-refractivity contribution in [3.63, 3.8) is 0 Å². The van der Waals surface area contributed by atoms with E-state index in [1.807, 2.05) is 18.2 Å². The third-order valence-corrected chi connectivity index (χ3v) is 4.97. The van der Waals surface area contributed by atoms with Crippen molar-refractivity contribution < 1.29 is 5.11 Å². The fourth-order valence-corrected chi connectivity index (χ4v) is 3.64. The van der Waals surface area contributed by atoms with Gasteiger partial charge in [-0.1, -0.05) is 0 Å². The lowest BCUT2D eigenvalue weighted by Gasteiger charge is -2.09. The van der Waals surface area contributed by atoms with Crippen molar-refractivity contribution in [1.29, 1.82) is 10.5 Å². The average molecular weight is 391 g/mol. The molecule has 1 aliphatic rings.